The molecule has 5 rings (SSSR count). The zero-order valence-corrected chi connectivity index (χ0v) is 32.1. The van der Waals surface area contributed by atoms with E-state index in [1.807, 2.05) is 62.1 Å². The second-order valence-electron chi connectivity index (χ2n) is 12.6. The van der Waals surface area contributed by atoms with Crippen LogP contribution in [0.1, 0.15) is 5.56 Å². The Hall–Kier alpha value is -6.28. The molecule has 0 spiro atoms. The van der Waals surface area contributed by atoms with Gasteiger partial charge in [0, 0.05) is 35.2 Å². The molecule has 2 N–H and O–H groups in total. The van der Waals surface area contributed by atoms with E-state index in [4.69, 9.17) is 32.8 Å². The smallest absolute Gasteiger partial charge is 0.325 e. The molecule has 0 bridgehead atoms. The first-order chi connectivity index (χ1) is 26.6. The van der Waals surface area contributed by atoms with E-state index in [-0.39, 0.29) is 32.8 Å². The van der Waals surface area contributed by atoms with Crippen LogP contribution >= 0.6 is 0 Å². The van der Waals surface area contributed by atoms with Crippen LogP contribution in [0.3, 0.4) is 0 Å². The molecule has 0 amide bonds. The normalized spacial score (nSPS) is 10.8. The summed E-state index contributed by atoms with van der Waals surface area (Å²) >= 11 is 0. The summed E-state index contributed by atoms with van der Waals surface area (Å²) in [6.45, 7) is 0.286. The lowest BCUT2D eigenvalue weighted by molar-refractivity contribution is -0.140. The number of hydrogen-bond acceptors (Lipinski definition) is 13. The molecule has 0 fully saturated rings. The number of ether oxygens (including phenoxy) is 6. The van der Waals surface area contributed by atoms with Crippen molar-refractivity contribution in [1.29, 1.82) is 0 Å². The Bertz CT molecular complexity index is 2180. The Morgan fingerprint density at radius 2 is 1.47 bits per heavy atom. The second-order valence-corrected chi connectivity index (χ2v) is 12.6. The summed E-state index contributed by atoms with van der Waals surface area (Å²) < 4.78 is 41.1. The summed E-state index contributed by atoms with van der Waals surface area (Å²) in [6.07, 6.45) is 0. The first kappa shape index (κ1) is 39.9. The van der Waals surface area contributed by atoms with Gasteiger partial charge in [-0.1, -0.05) is 18.2 Å². The molecule has 1 heterocycles. The Labute approximate surface area is 319 Å². The number of carbonyl (C=O) groups excluding carboxylic acids is 3. The third-order valence-corrected chi connectivity index (χ3v) is 8.79. The fraction of sp³-hybridized carbons (Fsp3) is 0.317. The van der Waals surface area contributed by atoms with E-state index in [9.17, 15) is 14.4 Å². The minimum atomic E-state index is -0.551. The van der Waals surface area contributed by atoms with E-state index < -0.39 is 17.9 Å². The molecule has 3 aromatic rings. The van der Waals surface area contributed by atoms with Crippen LogP contribution in [-0.2, 0) is 35.1 Å². The fourth-order valence-electron chi connectivity index (χ4n) is 5.98. The molecular formula is C41H47N4O10+. The van der Waals surface area contributed by atoms with Crippen LogP contribution in [0.15, 0.2) is 77.2 Å². The standard InChI is InChI=1S/C41H46N4O10/c1-42-22-26-8-12-30-34(18-26)55-35-20-28(44(2)3)10-13-31(35)41(30)27-9-14-32(43-23-38(46)50-5)36(19-27)53-16-17-54-37-21-29(49-4)11-15-33(37)45(24-39(47)51-6)25-40(48)52-7/h8-15,18-21,42H,16-17,22-25H2,1-7H3/p+1. The third-order valence-electron chi connectivity index (χ3n) is 8.79. The zero-order valence-electron chi connectivity index (χ0n) is 32.1. The van der Waals surface area contributed by atoms with Gasteiger partial charge >= 0.3 is 17.9 Å². The lowest BCUT2D eigenvalue weighted by Gasteiger charge is -2.25. The average Bonchev–Trinajstić information content (AvgIpc) is 3.20. The maximum Gasteiger partial charge on any atom is 0.325 e. The molecule has 0 radical (unpaired) electrons. The largest absolute Gasteiger partial charge is 0.497 e. The van der Waals surface area contributed by atoms with Crippen molar-refractivity contribution in [1.82, 2.24) is 9.89 Å². The third kappa shape index (κ3) is 9.83. The molecule has 1 aliphatic carbocycles. The van der Waals surface area contributed by atoms with Crippen LogP contribution in [0, 0.1) is 0 Å². The molecule has 0 saturated heterocycles. The number of rotatable bonds is 17. The van der Waals surface area contributed by atoms with E-state index >= 15 is 0 Å². The Morgan fingerprint density at radius 3 is 2.13 bits per heavy atom. The van der Waals surface area contributed by atoms with E-state index in [1.54, 1.807) is 18.2 Å². The summed E-state index contributed by atoms with van der Waals surface area (Å²) in [6, 6.07) is 23.1. The van der Waals surface area contributed by atoms with E-state index in [0.29, 0.717) is 35.2 Å². The summed E-state index contributed by atoms with van der Waals surface area (Å²) in [5, 5.41) is 8.24. The number of anilines is 2. The minimum absolute atomic E-state index is 0.0583. The SMILES string of the molecule is CNCc1ccc2c(-c3ccc(NCC(=O)OC)c(OCCOc4cc(OC)ccc4N(CC(=O)OC)CC(=O)OC)c3)c3ccc(=[N+](C)C)cc-3oc2c1. The molecule has 14 nitrogen and oxygen atoms in total. The first-order valence-electron chi connectivity index (χ1n) is 17.5. The van der Waals surface area contributed by atoms with Gasteiger partial charge in [-0.25, -0.2) is 4.58 Å². The maximum atomic E-state index is 12.3. The van der Waals surface area contributed by atoms with E-state index in [0.717, 1.165) is 44.3 Å². The highest BCUT2D eigenvalue weighted by Gasteiger charge is 2.22. The molecule has 3 aromatic carbocycles. The summed E-state index contributed by atoms with van der Waals surface area (Å²) in [5.41, 5.74) is 5.56. The number of fused-ring (bicyclic) bond motifs is 2. The molecular weight excluding hydrogens is 708 g/mol. The quantitative estimate of drug-likeness (QED) is 0.0461. The maximum absolute atomic E-state index is 12.3. The second kappa shape index (κ2) is 18.7. The average molecular weight is 756 g/mol. The predicted molar refractivity (Wildman–Crippen MR) is 209 cm³/mol. The van der Waals surface area contributed by atoms with Crippen molar-refractivity contribution in [3.63, 3.8) is 0 Å². The van der Waals surface area contributed by atoms with Gasteiger partial charge in [0.2, 0.25) is 5.36 Å². The van der Waals surface area contributed by atoms with Crippen LogP contribution in [0.4, 0.5) is 11.4 Å². The van der Waals surface area contributed by atoms with Crippen molar-refractivity contribution in [2.24, 2.45) is 0 Å². The van der Waals surface area contributed by atoms with E-state index in [1.165, 1.54) is 33.3 Å². The van der Waals surface area contributed by atoms with Gasteiger partial charge in [0.15, 0.2) is 0 Å². The molecule has 1 aliphatic heterocycles. The van der Waals surface area contributed by atoms with Gasteiger partial charge in [-0.2, -0.15) is 0 Å². The number of carbonyl (C=O) groups is 3. The van der Waals surface area contributed by atoms with Gasteiger partial charge in [-0.15, -0.1) is 0 Å². The minimum Gasteiger partial charge on any atom is -0.497 e. The summed E-state index contributed by atoms with van der Waals surface area (Å²) in [7, 11) is 11.3. The molecule has 14 heteroatoms. The zero-order chi connectivity index (χ0) is 39.5. The van der Waals surface area contributed by atoms with Crippen LogP contribution < -0.4 is 39.7 Å². The van der Waals surface area contributed by atoms with Crippen LogP contribution in [-0.4, -0.2) is 100 Å². The van der Waals surface area contributed by atoms with E-state index in [2.05, 4.69) is 28.8 Å². The molecule has 0 saturated carbocycles. The highest BCUT2D eigenvalue weighted by atomic mass is 16.5. The molecule has 0 unspecified atom stereocenters. The van der Waals surface area contributed by atoms with Crippen molar-refractivity contribution < 1.29 is 47.2 Å². The lowest BCUT2D eigenvalue weighted by atomic mass is 9.93. The Kier molecular flexibility index (Phi) is 13.5. The van der Waals surface area contributed by atoms with Crippen molar-refractivity contribution in [2.75, 3.05) is 92.6 Å². The molecule has 2 aliphatic rings. The number of methoxy groups -OCH3 is 4. The highest BCUT2D eigenvalue weighted by molar-refractivity contribution is 6.02. The van der Waals surface area contributed by atoms with Gasteiger partial charge in [-0.05, 0) is 54.6 Å². The van der Waals surface area contributed by atoms with Gasteiger partial charge in [0.05, 0.1) is 45.9 Å². The van der Waals surface area contributed by atoms with Gasteiger partial charge in [0.1, 0.15) is 75.5 Å². The number of benzene rings is 4. The molecule has 0 atom stereocenters. The Balaban J connectivity index is 1.51. The van der Waals surface area contributed by atoms with Crippen molar-refractivity contribution in [2.45, 2.75) is 6.54 Å². The van der Waals surface area contributed by atoms with Gasteiger partial charge < -0.3 is 48.4 Å². The molecule has 55 heavy (non-hydrogen) atoms. The first-order valence-corrected chi connectivity index (χ1v) is 17.5. The van der Waals surface area contributed by atoms with Crippen molar-refractivity contribution in [3.05, 3.63) is 83.7 Å². The van der Waals surface area contributed by atoms with Gasteiger partial charge in [0.25, 0.3) is 0 Å². The van der Waals surface area contributed by atoms with Crippen LogP contribution in [0.5, 0.6) is 17.2 Å². The number of hydrogen-bond donors (Lipinski definition) is 2. The fourth-order valence-corrected chi connectivity index (χ4v) is 5.98. The number of nitrogens with zero attached hydrogens (tertiary/aromatic N) is 2. The topological polar surface area (TPSA) is 150 Å². The van der Waals surface area contributed by atoms with Crippen molar-refractivity contribution in [3.8, 4) is 39.7 Å². The summed E-state index contributed by atoms with van der Waals surface area (Å²) in [4.78, 5) is 38.2. The van der Waals surface area contributed by atoms with Crippen LogP contribution in [0.2, 0.25) is 0 Å². The highest BCUT2D eigenvalue weighted by Crippen LogP contribution is 2.42. The number of esters is 3. The monoisotopic (exact) mass is 755 g/mol. The lowest BCUT2D eigenvalue weighted by Crippen LogP contribution is -2.36. The van der Waals surface area contributed by atoms with Crippen LogP contribution in [0.25, 0.3) is 33.4 Å². The molecule has 0 aromatic heterocycles. The van der Waals surface area contributed by atoms with Gasteiger partial charge in [-0.3, -0.25) is 14.4 Å². The van der Waals surface area contributed by atoms with Crippen molar-refractivity contribution >= 4 is 40.3 Å². The number of nitrogens with one attached hydrogen (secondary N) is 2. The Morgan fingerprint density at radius 1 is 0.764 bits per heavy atom. The summed E-state index contributed by atoms with van der Waals surface area (Å²) in [5.74, 6) is 0.490. The molecule has 290 valence electrons. The predicted octanol–water partition coefficient (Wildman–Crippen LogP) is 4.16.